The van der Waals surface area contributed by atoms with Crippen LogP contribution in [0.5, 0.6) is 0 Å². The Hall–Kier alpha value is -1.70. The van der Waals surface area contributed by atoms with Crippen LogP contribution in [0, 0.1) is 11.6 Å². The average Bonchev–Trinajstić information content (AvgIpc) is 2.64. The SMILES string of the molecule is CC1(C)OCC(=S)NC(C)(c2cc(-c3cc(F)cc(Cl)c3)ccc2F)C1(F)F. The quantitative estimate of drug-likeness (QED) is 0.475. The Morgan fingerprint density at radius 1 is 1.04 bits per heavy atom. The number of ether oxygens (including phenoxy) is 1. The van der Waals surface area contributed by atoms with Crippen LogP contribution >= 0.6 is 23.8 Å². The first kappa shape index (κ1) is 21.0. The van der Waals surface area contributed by atoms with Crippen molar-refractivity contribution in [1.29, 1.82) is 0 Å². The minimum absolute atomic E-state index is 0.0337. The third-order valence-electron chi connectivity index (χ3n) is 5.04. The number of rotatable bonds is 2. The van der Waals surface area contributed by atoms with Gasteiger partial charge in [0.15, 0.2) is 0 Å². The van der Waals surface area contributed by atoms with Crippen LogP contribution in [0.1, 0.15) is 26.3 Å². The second-order valence-electron chi connectivity index (χ2n) is 7.40. The maximum atomic E-state index is 15.5. The lowest BCUT2D eigenvalue weighted by molar-refractivity contribution is -0.216. The monoisotopic (exact) mass is 431 g/mol. The summed E-state index contributed by atoms with van der Waals surface area (Å²) in [5.74, 6) is -4.98. The first-order valence-electron chi connectivity index (χ1n) is 8.47. The van der Waals surface area contributed by atoms with E-state index in [1.807, 2.05) is 0 Å². The third-order valence-corrected chi connectivity index (χ3v) is 5.48. The van der Waals surface area contributed by atoms with Gasteiger partial charge in [-0.1, -0.05) is 29.9 Å². The van der Waals surface area contributed by atoms with E-state index >= 15 is 8.78 Å². The lowest BCUT2D eigenvalue weighted by Gasteiger charge is -2.44. The molecule has 1 aliphatic heterocycles. The molecule has 0 aliphatic carbocycles. The highest BCUT2D eigenvalue weighted by Crippen LogP contribution is 2.48. The van der Waals surface area contributed by atoms with Crippen molar-refractivity contribution in [1.82, 2.24) is 5.32 Å². The summed E-state index contributed by atoms with van der Waals surface area (Å²) < 4.78 is 64.8. The lowest BCUT2D eigenvalue weighted by atomic mass is 9.77. The molecule has 0 amide bonds. The smallest absolute Gasteiger partial charge is 0.302 e. The van der Waals surface area contributed by atoms with Gasteiger partial charge in [-0.3, -0.25) is 0 Å². The van der Waals surface area contributed by atoms with Gasteiger partial charge in [0.2, 0.25) is 0 Å². The molecule has 1 heterocycles. The van der Waals surface area contributed by atoms with Crippen LogP contribution in [0.2, 0.25) is 5.02 Å². The summed E-state index contributed by atoms with van der Waals surface area (Å²) in [7, 11) is 0. The highest BCUT2D eigenvalue weighted by atomic mass is 35.5. The first-order valence-corrected chi connectivity index (χ1v) is 9.25. The lowest BCUT2D eigenvalue weighted by Crippen LogP contribution is -2.62. The van der Waals surface area contributed by atoms with Gasteiger partial charge >= 0.3 is 5.92 Å². The predicted octanol–water partition coefficient (Wildman–Crippen LogP) is 5.86. The van der Waals surface area contributed by atoms with E-state index < -0.39 is 28.7 Å². The molecule has 0 radical (unpaired) electrons. The van der Waals surface area contributed by atoms with Gasteiger partial charge in [-0.15, -0.1) is 0 Å². The molecule has 2 aromatic carbocycles. The fraction of sp³-hybridized carbons (Fsp3) is 0.350. The number of nitrogens with one attached hydrogen (secondary N) is 1. The second-order valence-corrected chi connectivity index (χ2v) is 8.33. The average molecular weight is 432 g/mol. The van der Waals surface area contributed by atoms with E-state index in [9.17, 15) is 8.78 Å². The topological polar surface area (TPSA) is 21.3 Å². The summed E-state index contributed by atoms with van der Waals surface area (Å²) in [4.78, 5) is 0.0337. The van der Waals surface area contributed by atoms with E-state index in [1.165, 1.54) is 45.0 Å². The number of thiocarbonyl (C=S) groups is 1. The summed E-state index contributed by atoms with van der Waals surface area (Å²) >= 11 is 11.0. The molecule has 1 saturated heterocycles. The van der Waals surface area contributed by atoms with Gasteiger partial charge in [0.25, 0.3) is 0 Å². The van der Waals surface area contributed by atoms with Crippen molar-refractivity contribution in [2.75, 3.05) is 6.61 Å². The predicted molar refractivity (Wildman–Crippen MR) is 105 cm³/mol. The Bertz CT molecular complexity index is 930. The molecule has 150 valence electrons. The molecular weight excluding hydrogens is 414 g/mol. The van der Waals surface area contributed by atoms with Crippen LogP contribution in [0.4, 0.5) is 17.6 Å². The Labute approximate surface area is 170 Å². The maximum Gasteiger partial charge on any atom is 0.302 e. The molecule has 28 heavy (non-hydrogen) atoms. The Morgan fingerprint density at radius 3 is 2.36 bits per heavy atom. The maximum absolute atomic E-state index is 15.5. The molecule has 3 rings (SSSR count). The van der Waals surface area contributed by atoms with Crippen molar-refractivity contribution in [3.63, 3.8) is 0 Å². The standard InChI is InChI=1S/C20H18ClF4NOS/c1-18(2)20(24,25)19(3,26-17(28)10-27-18)15-8-11(4-5-16(15)23)12-6-13(21)9-14(22)7-12/h4-9H,10H2,1-3H3,(H,26,28). The van der Waals surface area contributed by atoms with Gasteiger partial charge in [0.05, 0.1) is 6.61 Å². The van der Waals surface area contributed by atoms with Crippen molar-refractivity contribution >= 4 is 28.8 Å². The van der Waals surface area contributed by atoms with E-state index in [-0.39, 0.29) is 22.2 Å². The molecule has 1 aliphatic rings. The summed E-state index contributed by atoms with van der Waals surface area (Å²) in [6, 6.07) is 7.49. The summed E-state index contributed by atoms with van der Waals surface area (Å²) in [5, 5.41) is 2.72. The van der Waals surface area contributed by atoms with Crippen molar-refractivity contribution in [2.45, 2.75) is 37.8 Å². The number of halogens is 5. The molecule has 1 fully saturated rings. The number of benzene rings is 2. The molecule has 0 bridgehead atoms. The molecule has 2 aromatic rings. The van der Waals surface area contributed by atoms with Crippen molar-refractivity contribution in [3.8, 4) is 11.1 Å². The molecular formula is C20H18ClF4NOS. The minimum atomic E-state index is -3.54. The fourth-order valence-electron chi connectivity index (χ4n) is 3.38. The summed E-state index contributed by atoms with van der Waals surface area (Å²) in [6.07, 6.45) is 0. The largest absolute Gasteiger partial charge is 0.363 e. The zero-order valence-electron chi connectivity index (χ0n) is 15.4. The van der Waals surface area contributed by atoms with Gasteiger partial charge in [-0.25, -0.2) is 17.6 Å². The van der Waals surface area contributed by atoms with E-state index in [0.717, 1.165) is 12.1 Å². The second kappa shape index (κ2) is 6.97. The molecule has 8 heteroatoms. The van der Waals surface area contributed by atoms with Crippen LogP contribution in [0.3, 0.4) is 0 Å². The van der Waals surface area contributed by atoms with Crippen LogP contribution in [-0.2, 0) is 10.3 Å². The van der Waals surface area contributed by atoms with Crippen LogP contribution in [0.15, 0.2) is 36.4 Å². The van der Waals surface area contributed by atoms with E-state index in [0.29, 0.717) is 11.1 Å². The Morgan fingerprint density at radius 2 is 1.71 bits per heavy atom. The number of alkyl halides is 2. The summed E-state index contributed by atoms with van der Waals surface area (Å²) in [6.45, 7) is 3.43. The van der Waals surface area contributed by atoms with Crippen molar-refractivity contribution < 1.29 is 22.3 Å². The van der Waals surface area contributed by atoms with Crippen molar-refractivity contribution in [3.05, 3.63) is 58.6 Å². The fourth-order valence-corrected chi connectivity index (χ4v) is 3.86. The van der Waals surface area contributed by atoms with E-state index in [2.05, 4.69) is 5.32 Å². The van der Waals surface area contributed by atoms with Crippen LogP contribution in [-0.4, -0.2) is 23.1 Å². The zero-order valence-corrected chi connectivity index (χ0v) is 16.9. The van der Waals surface area contributed by atoms with Crippen LogP contribution in [0.25, 0.3) is 11.1 Å². The Kier molecular flexibility index (Phi) is 5.23. The number of hydrogen-bond acceptors (Lipinski definition) is 2. The highest BCUT2D eigenvalue weighted by molar-refractivity contribution is 7.80. The first-order chi connectivity index (χ1) is 12.9. The molecule has 0 saturated carbocycles. The normalized spacial score (nSPS) is 23.8. The number of hydrogen-bond donors (Lipinski definition) is 1. The molecule has 1 atom stereocenters. The zero-order chi connectivity index (χ0) is 20.9. The highest BCUT2D eigenvalue weighted by Gasteiger charge is 2.64. The van der Waals surface area contributed by atoms with Gasteiger partial charge < -0.3 is 10.1 Å². The Balaban J connectivity index is 2.22. The molecule has 1 unspecified atom stereocenters. The minimum Gasteiger partial charge on any atom is -0.363 e. The van der Waals surface area contributed by atoms with Gasteiger partial charge in [-0.2, -0.15) is 0 Å². The van der Waals surface area contributed by atoms with Crippen molar-refractivity contribution in [2.24, 2.45) is 0 Å². The van der Waals surface area contributed by atoms with Gasteiger partial charge in [-0.05, 0) is 62.2 Å². The molecule has 0 aromatic heterocycles. The van der Waals surface area contributed by atoms with E-state index in [1.54, 1.807) is 0 Å². The van der Waals surface area contributed by atoms with E-state index in [4.69, 9.17) is 28.6 Å². The molecule has 0 spiro atoms. The van der Waals surface area contributed by atoms with Gasteiger partial charge in [0, 0.05) is 10.6 Å². The molecule has 1 N–H and O–H groups in total. The van der Waals surface area contributed by atoms with Gasteiger partial charge in [0.1, 0.15) is 27.8 Å². The van der Waals surface area contributed by atoms with Crippen LogP contribution < -0.4 is 5.32 Å². The molecule has 2 nitrogen and oxygen atoms in total. The summed E-state index contributed by atoms with van der Waals surface area (Å²) in [5.41, 5.74) is -3.74. The third kappa shape index (κ3) is 3.40.